The second-order valence-electron chi connectivity index (χ2n) is 3.97. The molecule has 0 unspecified atom stereocenters. The lowest BCUT2D eigenvalue weighted by Crippen LogP contribution is -2.17. The van der Waals surface area contributed by atoms with Gasteiger partial charge in [0, 0.05) is 30.9 Å². The predicted molar refractivity (Wildman–Crippen MR) is 69.7 cm³/mol. The van der Waals surface area contributed by atoms with Crippen LogP contribution in [-0.4, -0.2) is 20.6 Å². The van der Waals surface area contributed by atoms with Crippen molar-refractivity contribution in [3.05, 3.63) is 53.6 Å². The molecule has 0 atom stereocenters. The minimum absolute atomic E-state index is 0.128. The molecule has 94 valence electrons. The van der Waals surface area contributed by atoms with Gasteiger partial charge in [-0.1, -0.05) is 36.3 Å². The SMILES string of the molecule is CCc1nccn1Cc1ccccc1/C(N)=N/O. The van der Waals surface area contributed by atoms with Gasteiger partial charge in [0.1, 0.15) is 5.82 Å². The largest absolute Gasteiger partial charge is 0.409 e. The minimum Gasteiger partial charge on any atom is -0.409 e. The molecular formula is C13H16N4O. The fraction of sp³-hybridized carbons (Fsp3) is 0.231. The van der Waals surface area contributed by atoms with Gasteiger partial charge in [0.15, 0.2) is 5.84 Å². The fourth-order valence-corrected chi connectivity index (χ4v) is 1.94. The smallest absolute Gasteiger partial charge is 0.170 e. The summed E-state index contributed by atoms with van der Waals surface area (Å²) in [6.45, 7) is 2.73. The number of imidazole rings is 1. The van der Waals surface area contributed by atoms with Gasteiger partial charge in [-0.2, -0.15) is 0 Å². The number of hydrogen-bond acceptors (Lipinski definition) is 3. The molecule has 3 N–H and O–H groups in total. The maximum atomic E-state index is 8.78. The Morgan fingerprint density at radius 3 is 2.94 bits per heavy atom. The maximum absolute atomic E-state index is 8.78. The van der Waals surface area contributed by atoms with Crippen LogP contribution in [0, 0.1) is 0 Å². The number of hydrogen-bond donors (Lipinski definition) is 2. The summed E-state index contributed by atoms with van der Waals surface area (Å²) in [6, 6.07) is 7.61. The number of aryl methyl sites for hydroxylation is 1. The van der Waals surface area contributed by atoms with Crippen LogP contribution in [0.25, 0.3) is 0 Å². The summed E-state index contributed by atoms with van der Waals surface area (Å²) in [5.74, 6) is 1.15. The van der Waals surface area contributed by atoms with Crippen molar-refractivity contribution in [1.82, 2.24) is 9.55 Å². The van der Waals surface area contributed by atoms with Crippen LogP contribution in [0.1, 0.15) is 23.9 Å². The Kier molecular flexibility index (Phi) is 3.62. The monoisotopic (exact) mass is 244 g/mol. The van der Waals surface area contributed by atoms with Gasteiger partial charge in [0.2, 0.25) is 0 Å². The van der Waals surface area contributed by atoms with Crippen LogP contribution in [-0.2, 0) is 13.0 Å². The normalized spacial score (nSPS) is 11.7. The van der Waals surface area contributed by atoms with E-state index in [-0.39, 0.29) is 5.84 Å². The number of oxime groups is 1. The summed E-state index contributed by atoms with van der Waals surface area (Å²) >= 11 is 0. The van der Waals surface area contributed by atoms with E-state index < -0.39 is 0 Å². The van der Waals surface area contributed by atoms with Crippen LogP contribution in [0.4, 0.5) is 0 Å². The zero-order valence-electron chi connectivity index (χ0n) is 10.2. The van der Waals surface area contributed by atoms with Crippen molar-refractivity contribution in [2.24, 2.45) is 10.9 Å². The van der Waals surface area contributed by atoms with Crippen molar-refractivity contribution >= 4 is 5.84 Å². The van der Waals surface area contributed by atoms with Crippen LogP contribution in [0.5, 0.6) is 0 Å². The number of benzene rings is 1. The molecule has 0 saturated heterocycles. The van der Waals surface area contributed by atoms with Crippen molar-refractivity contribution in [3.63, 3.8) is 0 Å². The van der Waals surface area contributed by atoms with E-state index in [1.807, 2.05) is 30.5 Å². The molecule has 0 saturated carbocycles. The zero-order chi connectivity index (χ0) is 13.0. The summed E-state index contributed by atoms with van der Waals surface area (Å²) in [5.41, 5.74) is 7.42. The Hall–Kier alpha value is -2.30. The fourth-order valence-electron chi connectivity index (χ4n) is 1.94. The average molecular weight is 244 g/mol. The third-order valence-electron chi connectivity index (χ3n) is 2.86. The molecule has 0 radical (unpaired) electrons. The van der Waals surface area contributed by atoms with E-state index in [4.69, 9.17) is 10.9 Å². The average Bonchev–Trinajstić information content (AvgIpc) is 2.86. The standard InChI is InChI=1S/C13H16N4O/c1-2-12-15-7-8-17(12)9-10-5-3-4-6-11(10)13(14)16-18/h3-8,18H,2,9H2,1H3,(H2,14,16). The molecular weight excluding hydrogens is 228 g/mol. The minimum atomic E-state index is 0.128. The summed E-state index contributed by atoms with van der Waals surface area (Å²) in [4.78, 5) is 4.28. The van der Waals surface area contributed by atoms with Gasteiger partial charge >= 0.3 is 0 Å². The van der Waals surface area contributed by atoms with Crippen LogP contribution >= 0.6 is 0 Å². The predicted octanol–water partition coefficient (Wildman–Crippen LogP) is 1.59. The highest BCUT2D eigenvalue weighted by molar-refractivity contribution is 5.98. The molecule has 0 bridgehead atoms. The highest BCUT2D eigenvalue weighted by atomic mass is 16.4. The Morgan fingerprint density at radius 2 is 2.22 bits per heavy atom. The summed E-state index contributed by atoms with van der Waals surface area (Å²) in [7, 11) is 0. The molecule has 1 aromatic heterocycles. The van der Waals surface area contributed by atoms with E-state index in [9.17, 15) is 0 Å². The molecule has 5 nitrogen and oxygen atoms in total. The number of rotatable bonds is 4. The van der Waals surface area contributed by atoms with Gasteiger partial charge in [-0.3, -0.25) is 0 Å². The first kappa shape index (κ1) is 12.2. The number of nitrogens with zero attached hydrogens (tertiary/aromatic N) is 3. The van der Waals surface area contributed by atoms with Gasteiger partial charge in [0.05, 0.1) is 0 Å². The highest BCUT2D eigenvalue weighted by Gasteiger charge is 2.08. The van der Waals surface area contributed by atoms with E-state index in [0.717, 1.165) is 23.4 Å². The van der Waals surface area contributed by atoms with Crippen molar-refractivity contribution in [1.29, 1.82) is 0 Å². The zero-order valence-corrected chi connectivity index (χ0v) is 10.2. The summed E-state index contributed by atoms with van der Waals surface area (Å²) in [5, 5.41) is 11.8. The Morgan fingerprint density at radius 1 is 1.44 bits per heavy atom. The van der Waals surface area contributed by atoms with Gasteiger partial charge in [-0.25, -0.2) is 4.98 Å². The van der Waals surface area contributed by atoms with Crippen molar-refractivity contribution < 1.29 is 5.21 Å². The quantitative estimate of drug-likeness (QED) is 0.371. The molecule has 0 spiro atoms. The number of amidine groups is 1. The molecule has 0 amide bonds. The Labute approximate surface area is 106 Å². The third kappa shape index (κ3) is 2.34. The van der Waals surface area contributed by atoms with Crippen LogP contribution in [0.15, 0.2) is 41.8 Å². The van der Waals surface area contributed by atoms with Gasteiger partial charge in [-0.05, 0) is 5.56 Å². The second kappa shape index (κ2) is 5.35. The van der Waals surface area contributed by atoms with Gasteiger partial charge < -0.3 is 15.5 Å². The molecule has 5 heteroatoms. The van der Waals surface area contributed by atoms with Crippen molar-refractivity contribution in [2.45, 2.75) is 19.9 Å². The van der Waals surface area contributed by atoms with E-state index in [1.54, 1.807) is 6.20 Å². The van der Waals surface area contributed by atoms with Crippen LogP contribution < -0.4 is 5.73 Å². The molecule has 2 rings (SSSR count). The molecule has 18 heavy (non-hydrogen) atoms. The topological polar surface area (TPSA) is 76.4 Å². The third-order valence-corrected chi connectivity index (χ3v) is 2.86. The number of aromatic nitrogens is 2. The van der Waals surface area contributed by atoms with E-state index in [2.05, 4.69) is 21.6 Å². The first-order chi connectivity index (χ1) is 8.76. The van der Waals surface area contributed by atoms with E-state index >= 15 is 0 Å². The van der Waals surface area contributed by atoms with Gasteiger partial charge in [0.25, 0.3) is 0 Å². The Balaban J connectivity index is 2.35. The lowest BCUT2D eigenvalue weighted by molar-refractivity contribution is 0.318. The molecule has 0 aliphatic carbocycles. The maximum Gasteiger partial charge on any atom is 0.170 e. The summed E-state index contributed by atoms with van der Waals surface area (Å²) in [6.07, 6.45) is 4.59. The molecule has 0 aliphatic heterocycles. The first-order valence-electron chi connectivity index (χ1n) is 5.82. The second-order valence-corrected chi connectivity index (χ2v) is 3.97. The van der Waals surface area contributed by atoms with Crippen LogP contribution in [0.3, 0.4) is 0 Å². The first-order valence-corrected chi connectivity index (χ1v) is 5.82. The highest BCUT2D eigenvalue weighted by Crippen LogP contribution is 2.12. The van der Waals surface area contributed by atoms with Crippen molar-refractivity contribution in [2.75, 3.05) is 0 Å². The van der Waals surface area contributed by atoms with E-state index in [0.29, 0.717) is 6.54 Å². The molecule has 1 heterocycles. The lowest BCUT2D eigenvalue weighted by Gasteiger charge is -2.10. The Bertz CT molecular complexity index is 560. The van der Waals surface area contributed by atoms with Crippen molar-refractivity contribution in [3.8, 4) is 0 Å². The molecule has 2 aromatic rings. The molecule has 0 aliphatic rings. The molecule has 0 fully saturated rings. The van der Waals surface area contributed by atoms with Gasteiger partial charge in [-0.15, -0.1) is 0 Å². The lowest BCUT2D eigenvalue weighted by atomic mass is 10.1. The van der Waals surface area contributed by atoms with E-state index in [1.165, 1.54) is 0 Å². The number of nitrogens with two attached hydrogens (primary N) is 1. The molecule has 1 aromatic carbocycles. The van der Waals surface area contributed by atoms with Crippen LogP contribution in [0.2, 0.25) is 0 Å². The summed E-state index contributed by atoms with van der Waals surface area (Å²) < 4.78 is 2.06.